The Balaban J connectivity index is 1.64. The summed E-state index contributed by atoms with van der Waals surface area (Å²) < 4.78 is 0. The van der Waals surface area contributed by atoms with Crippen LogP contribution in [0.3, 0.4) is 0 Å². The summed E-state index contributed by atoms with van der Waals surface area (Å²) in [6, 6.07) is 0. The number of allylic oxidation sites excluding steroid dienone is 1. The Hall–Kier alpha value is -0.300. The van der Waals surface area contributed by atoms with E-state index in [4.69, 9.17) is 0 Å². The standard InChI is InChI=1S/C14H25N/c1-3-8-14(9-4-1)10-7-13-15-11-5-2-6-12-15/h7,10,14H,1-6,8-9,11-13H2. The second-order valence-corrected chi connectivity index (χ2v) is 5.19. The van der Waals surface area contributed by atoms with Crippen LogP contribution in [0.4, 0.5) is 0 Å². The number of nitrogens with zero attached hydrogens (tertiary/aromatic N) is 1. The molecule has 0 N–H and O–H groups in total. The Bertz CT molecular complexity index is 186. The molecular formula is C14H25N. The van der Waals surface area contributed by atoms with Gasteiger partial charge in [-0.25, -0.2) is 0 Å². The molecule has 15 heavy (non-hydrogen) atoms. The largest absolute Gasteiger partial charge is 0.300 e. The van der Waals surface area contributed by atoms with E-state index in [0.29, 0.717) is 0 Å². The summed E-state index contributed by atoms with van der Waals surface area (Å²) in [5.41, 5.74) is 0. The highest BCUT2D eigenvalue weighted by atomic mass is 15.1. The van der Waals surface area contributed by atoms with Crippen molar-refractivity contribution < 1.29 is 0 Å². The molecule has 0 bridgehead atoms. The lowest BCUT2D eigenvalue weighted by Gasteiger charge is -2.25. The van der Waals surface area contributed by atoms with Crippen LogP contribution >= 0.6 is 0 Å². The second-order valence-electron chi connectivity index (χ2n) is 5.19. The lowest BCUT2D eigenvalue weighted by Crippen LogP contribution is -2.29. The SMILES string of the molecule is C(=CC1CCCCC1)CN1CCCCC1. The van der Waals surface area contributed by atoms with Gasteiger partial charge in [0.25, 0.3) is 0 Å². The van der Waals surface area contributed by atoms with E-state index in [1.807, 2.05) is 0 Å². The highest BCUT2D eigenvalue weighted by Gasteiger charge is 2.10. The van der Waals surface area contributed by atoms with Crippen LogP contribution in [0.2, 0.25) is 0 Å². The molecule has 1 saturated heterocycles. The lowest BCUT2D eigenvalue weighted by molar-refractivity contribution is 0.251. The Morgan fingerprint density at radius 2 is 1.53 bits per heavy atom. The van der Waals surface area contributed by atoms with Crippen LogP contribution in [0.25, 0.3) is 0 Å². The number of likely N-dealkylation sites (tertiary alicyclic amines) is 1. The van der Waals surface area contributed by atoms with E-state index in [0.717, 1.165) is 5.92 Å². The fourth-order valence-electron chi connectivity index (χ4n) is 2.87. The van der Waals surface area contributed by atoms with Crippen LogP contribution in [0.15, 0.2) is 12.2 Å². The van der Waals surface area contributed by atoms with Crippen molar-refractivity contribution >= 4 is 0 Å². The zero-order valence-corrected chi connectivity index (χ0v) is 9.96. The zero-order valence-electron chi connectivity index (χ0n) is 9.96. The zero-order chi connectivity index (χ0) is 10.3. The molecule has 0 aromatic rings. The van der Waals surface area contributed by atoms with Crippen molar-refractivity contribution in [1.29, 1.82) is 0 Å². The molecule has 2 fully saturated rings. The summed E-state index contributed by atoms with van der Waals surface area (Å²) in [4.78, 5) is 2.60. The van der Waals surface area contributed by atoms with Gasteiger partial charge in [0, 0.05) is 6.54 Å². The monoisotopic (exact) mass is 207 g/mol. The third-order valence-corrected chi connectivity index (χ3v) is 3.87. The minimum atomic E-state index is 0.906. The minimum absolute atomic E-state index is 0.906. The fraction of sp³-hybridized carbons (Fsp3) is 0.857. The predicted molar refractivity (Wildman–Crippen MR) is 66.0 cm³/mol. The van der Waals surface area contributed by atoms with Crippen LogP contribution in [0, 0.1) is 5.92 Å². The van der Waals surface area contributed by atoms with Gasteiger partial charge >= 0.3 is 0 Å². The van der Waals surface area contributed by atoms with Crippen molar-refractivity contribution in [3.8, 4) is 0 Å². The van der Waals surface area contributed by atoms with E-state index < -0.39 is 0 Å². The van der Waals surface area contributed by atoms with Crippen LogP contribution < -0.4 is 0 Å². The molecule has 0 spiro atoms. The molecule has 0 aromatic heterocycles. The highest BCUT2D eigenvalue weighted by Crippen LogP contribution is 2.24. The summed E-state index contributed by atoms with van der Waals surface area (Å²) in [5.74, 6) is 0.906. The smallest absolute Gasteiger partial charge is 0.0163 e. The summed E-state index contributed by atoms with van der Waals surface area (Å²) in [6.45, 7) is 3.86. The first-order valence-corrected chi connectivity index (χ1v) is 6.84. The fourth-order valence-corrected chi connectivity index (χ4v) is 2.87. The number of rotatable bonds is 3. The van der Waals surface area contributed by atoms with Crippen molar-refractivity contribution in [2.75, 3.05) is 19.6 Å². The summed E-state index contributed by atoms with van der Waals surface area (Å²) in [5, 5.41) is 0. The third-order valence-electron chi connectivity index (χ3n) is 3.87. The first kappa shape index (κ1) is 11.2. The molecule has 0 radical (unpaired) electrons. The van der Waals surface area contributed by atoms with Gasteiger partial charge in [-0.05, 0) is 44.7 Å². The van der Waals surface area contributed by atoms with Crippen molar-refractivity contribution in [3.63, 3.8) is 0 Å². The molecular weight excluding hydrogens is 182 g/mol. The molecule has 0 amide bonds. The van der Waals surface area contributed by atoms with Crippen molar-refractivity contribution in [3.05, 3.63) is 12.2 Å². The van der Waals surface area contributed by atoms with E-state index in [2.05, 4.69) is 17.1 Å². The van der Waals surface area contributed by atoms with Gasteiger partial charge in [0.1, 0.15) is 0 Å². The van der Waals surface area contributed by atoms with Crippen molar-refractivity contribution in [2.45, 2.75) is 51.4 Å². The Morgan fingerprint density at radius 3 is 2.27 bits per heavy atom. The van der Waals surface area contributed by atoms with E-state index in [-0.39, 0.29) is 0 Å². The molecule has 0 aromatic carbocycles. The first-order chi connectivity index (χ1) is 7.45. The van der Waals surface area contributed by atoms with Gasteiger partial charge < -0.3 is 0 Å². The van der Waals surface area contributed by atoms with E-state index in [1.165, 1.54) is 71.0 Å². The molecule has 2 aliphatic rings. The maximum atomic E-state index is 2.60. The van der Waals surface area contributed by atoms with Crippen molar-refractivity contribution in [2.24, 2.45) is 5.92 Å². The Morgan fingerprint density at radius 1 is 0.867 bits per heavy atom. The third kappa shape index (κ3) is 3.98. The first-order valence-electron chi connectivity index (χ1n) is 6.84. The molecule has 1 aliphatic carbocycles. The van der Waals surface area contributed by atoms with Gasteiger partial charge in [0.15, 0.2) is 0 Å². The summed E-state index contributed by atoms with van der Waals surface area (Å²) in [6.07, 6.45) is 16.5. The van der Waals surface area contributed by atoms with E-state index >= 15 is 0 Å². The summed E-state index contributed by atoms with van der Waals surface area (Å²) >= 11 is 0. The molecule has 86 valence electrons. The van der Waals surface area contributed by atoms with Gasteiger partial charge in [-0.15, -0.1) is 0 Å². The normalized spacial score (nSPS) is 26.1. The molecule has 2 rings (SSSR count). The van der Waals surface area contributed by atoms with Gasteiger partial charge in [-0.2, -0.15) is 0 Å². The van der Waals surface area contributed by atoms with Crippen molar-refractivity contribution in [1.82, 2.24) is 4.90 Å². The van der Waals surface area contributed by atoms with E-state index in [9.17, 15) is 0 Å². The number of hydrogen-bond acceptors (Lipinski definition) is 1. The van der Waals surface area contributed by atoms with Gasteiger partial charge in [-0.3, -0.25) is 4.90 Å². The molecule has 1 heterocycles. The van der Waals surface area contributed by atoms with Crippen LogP contribution in [-0.2, 0) is 0 Å². The minimum Gasteiger partial charge on any atom is -0.300 e. The Labute approximate surface area is 94.5 Å². The second kappa shape index (κ2) is 6.32. The quantitative estimate of drug-likeness (QED) is 0.639. The van der Waals surface area contributed by atoms with Crippen LogP contribution in [0.1, 0.15) is 51.4 Å². The van der Waals surface area contributed by atoms with Gasteiger partial charge in [0.2, 0.25) is 0 Å². The molecule has 1 nitrogen and oxygen atoms in total. The maximum Gasteiger partial charge on any atom is 0.0163 e. The molecule has 0 atom stereocenters. The molecule has 1 heteroatoms. The summed E-state index contributed by atoms with van der Waals surface area (Å²) in [7, 11) is 0. The number of piperidine rings is 1. The Kier molecular flexibility index (Phi) is 4.72. The van der Waals surface area contributed by atoms with Crippen LogP contribution in [0.5, 0.6) is 0 Å². The average Bonchev–Trinajstić information content (AvgIpc) is 2.32. The molecule has 1 saturated carbocycles. The lowest BCUT2D eigenvalue weighted by atomic mass is 9.89. The molecule has 1 aliphatic heterocycles. The highest BCUT2D eigenvalue weighted by molar-refractivity contribution is 4.92. The topological polar surface area (TPSA) is 3.24 Å². The van der Waals surface area contributed by atoms with Gasteiger partial charge in [-0.1, -0.05) is 37.8 Å². The predicted octanol–water partition coefficient (Wildman–Crippen LogP) is 3.61. The van der Waals surface area contributed by atoms with Gasteiger partial charge in [0.05, 0.1) is 0 Å². The number of hydrogen-bond donors (Lipinski definition) is 0. The molecule has 0 unspecified atom stereocenters. The average molecular weight is 207 g/mol. The van der Waals surface area contributed by atoms with E-state index in [1.54, 1.807) is 0 Å². The van der Waals surface area contributed by atoms with Crippen LogP contribution in [-0.4, -0.2) is 24.5 Å². The maximum absolute atomic E-state index is 2.60.